The molecular formula is C17H28ClN3O. The van der Waals surface area contributed by atoms with E-state index in [1.165, 1.54) is 11.1 Å². The van der Waals surface area contributed by atoms with Gasteiger partial charge >= 0.3 is 0 Å². The number of carbonyl (C=O) groups excluding carboxylic acids is 1. The summed E-state index contributed by atoms with van der Waals surface area (Å²) in [5, 5.41) is 6.41. The van der Waals surface area contributed by atoms with E-state index in [9.17, 15) is 4.79 Å². The van der Waals surface area contributed by atoms with E-state index in [1.807, 2.05) is 13.8 Å². The highest BCUT2D eigenvalue weighted by molar-refractivity contribution is 5.85. The van der Waals surface area contributed by atoms with Crippen molar-refractivity contribution in [3.8, 4) is 0 Å². The zero-order valence-electron chi connectivity index (χ0n) is 13.8. The Hall–Kier alpha value is -1.10. The molecular weight excluding hydrogens is 298 g/mol. The summed E-state index contributed by atoms with van der Waals surface area (Å²) in [5.74, 6) is 0.113. The summed E-state index contributed by atoms with van der Waals surface area (Å²) in [6.45, 7) is 9.39. The molecule has 1 atom stereocenters. The van der Waals surface area contributed by atoms with Crippen LogP contribution in [0.4, 0.5) is 0 Å². The second-order valence-electron chi connectivity index (χ2n) is 6.01. The Balaban J connectivity index is 0.00000242. The Kier molecular flexibility index (Phi) is 7.87. The van der Waals surface area contributed by atoms with Crippen molar-refractivity contribution in [3.63, 3.8) is 0 Å². The van der Waals surface area contributed by atoms with Gasteiger partial charge in [0.05, 0.1) is 6.54 Å². The van der Waals surface area contributed by atoms with Crippen LogP contribution in [0.2, 0.25) is 0 Å². The molecule has 0 bridgehead atoms. The molecule has 1 aromatic carbocycles. The predicted molar refractivity (Wildman–Crippen MR) is 93.5 cm³/mol. The van der Waals surface area contributed by atoms with Crippen LogP contribution in [-0.2, 0) is 11.2 Å². The van der Waals surface area contributed by atoms with E-state index in [-0.39, 0.29) is 30.4 Å². The van der Waals surface area contributed by atoms with E-state index < -0.39 is 0 Å². The number of halogens is 1. The molecule has 1 aliphatic rings. The number of nitrogens with one attached hydrogen (secondary N) is 2. The number of rotatable bonds is 5. The second-order valence-corrected chi connectivity index (χ2v) is 6.01. The average molecular weight is 326 g/mol. The summed E-state index contributed by atoms with van der Waals surface area (Å²) in [5.41, 5.74) is 2.64. The maximum atomic E-state index is 12.0. The third-order valence-electron chi connectivity index (χ3n) is 3.92. The van der Waals surface area contributed by atoms with Crippen molar-refractivity contribution in [2.24, 2.45) is 0 Å². The first-order valence-corrected chi connectivity index (χ1v) is 7.93. The van der Waals surface area contributed by atoms with Gasteiger partial charge in [-0.1, -0.05) is 31.2 Å². The Morgan fingerprint density at radius 2 is 2.05 bits per heavy atom. The van der Waals surface area contributed by atoms with Crippen molar-refractivity contribution in [1.29, 1.82) is 0 Å². The van der Waals surface area contributed by atoms with Crippen LogP contribution >= 0.6 is 12.4 Å². The third kappa shape index (κ3) is 5.27. The number of hydrogen-bond donors (Lipinski definition) is 2. The van der Waals surface area contributed by atoms with E-state index in [4.69, 9.17) is 0 Å². The average Bonchev–Trinajstić information content (AvgIpc) is 2.47. The highest BCUT2D eigenvalue weighted by Gasteiger charge is 2.25. The number of benzene rings is 1. The standard InChI is InChI=1S/C17H27N3O.ClH/c1-4-14-5-7-15(8-6-14)16-11-18-9-10-20(16)12-17(21)19-13(2)3;/h5-8,13,16,18H,4,9-12H2,1-3H3,(H,19,21);1H. The summed E-state index contributed by atoms with van der Waals surface area (Å²) in [6.07, 6.45) is 1.06. The topological polar surface area (TPSA) is 44.4 Å². The first-order chi connectivity index (χ1) is 10.1. The zero-order chi connectivity index (χ0) is 15.2. The van der Waals surface area contributed by atoms with Crippen molar-refractivity contribution in [1.82, 2.24) is 15.5 Å². The minimum Gasteiger partial charge on any atom is -0.353 e. The molecule has 5 heteroatoms. The van der Waals surface area contributed by atoms with Crippen molar-refractivity contribution in [2.75, 3.05) is 26.2 Å². The van der Waals surface area contributed by atoms with Gasteiger partial charge in [-0.25, -0.2) is 0 Å². The number of nitrogens with zero attached hydrogens (tertiary/aromatic N) is 1. The molecule has 0 aliphatic carbocycles. The molecule has 0 aromatic heterocycles. The normalized spacial score (nSPS) is 18.8. The fraction of sp³-hybridized carbons (Fsp3) is 0.588. The third-order valence-corrected chi connectivity index (χ3v) is 3.92. The lowest BCUT2D eigenvalue weighted by molar-refractivity contribution is -0.123. The van der Waals surface area contributed by atoms with Gasteiger partial charge in [-0.15, -0.1) is 12.4 Å². The molecule has 1 heterocycles. The van der Waals surface area contributed by atoms with E-state index in [0.717, 1.165) is 26.1 Å². The number of amides is 1. The molecule has 4 nitrogen and oxygen atoms in total. The second kappa shape index (κ2) is 9.13. The zero-order valence-corrected chi connectivity index (χ0v) is 14.6. The summed E-state index contributed by atoms with van der Waals surface area (Å²) in [6, 6.07) is 9.26. The Bertz CT molecular complexity index is 461. The lowest BCUT2D eigenvalue weighted by Crippen LogP contribution is -2.50. The van der Waals surface area contributed by atoms with Gasteiger partial charge in [0.1, 0.15) is 0 Å². The number of hydrogen-bond acceptors (Lipinski definition) is 3. The maximum Gasteiger partial charge on any atom is 0.234 e. The smallest absolute Gasteiger partial charge is 0.234 e. The quantitative estimate of drug-likeness (QED) is 0.872. The summed E-state index contributed by atoms with van der Waals surface area (Å²) in [7, 11) is 0. The molecule has 1 fully saturated rings. The molecule has 1 amide bonds. The maximum absolute atomic E-state index is 12.0. The molecule has 1 aliphatic heterocycles. The van der Waals surface area contributed by atoms with Gasteiger partial charge < -0.3 is 10.6 Å². The molecule has 124 valence electrons. The van der Waals surface area contributed by atoms with Gasteiger partial charge in [-0.3, -0.25) is 9.69 Å². The Morgan fingerprint density at radius 1 is 1.36 bits per heavy atom. The molecule has 1 saturated heterocycles. The van der Waals surface area contributed by atoms with Crippen molar-refractivity contribution < 1.29 is 4.79 Å². The Labute approximate surface area is 140 Å². The minimum atomic E-state index is 0. The molecule has 0 radical (unpaired) electrons. The predicted octanol–water partition coefficient (Wildman–Crippen LogP) is 2.14. The fourth-order valence-electron chi connectivity index (χ4n) is 2.79. The van der Waals surface area contributed by atoms with Crippen LogP contribution in [0.1, 0.15) is 37.9 Å². The number of carbonyl (C=O) groups is 1. The van der Waals surface area contributed by atoms with Gasteiger partial charge in [0.2, 0.25) is 5.91 Å². The Morgan fingerprint density at radius 3 is 2.64 bits per heavy atom. The van der Waals surface area contributed by atoms with Gasteiger partial charge in [-0.2, -0.15) is 0 Å². The highest BCUT2D eigenvalue weighted by Crippen LogP contribution is 2.22. The lowest BCUT2D eigenvalue weighted by atomic mass is 10.0. The van der Waals surface area contributed by atoms with Crippen molar-refractivity contribution in [2.45, 2.75) is 39.3 Å². The summed E-state index contributed by atoms with van der Waals surface area (Å²) < 4.78 is 0. The summed E-state index contributed by atoms with van der Waals surface area (Å²) >= 11 is 0. The van der Waals surface area contributed by atoms with Crippen LogP contribution in [-0.4, -0.2) is 43.0 Å². The van der Waals surface area contributed by atoms with Crippen LogP contribution < -0.4 is 10.6 Å². The molecule has 1 unspecified atom stereocenters. The number of piperazine rings is 1. The monoisotopic (exact) mass is 325 g/mol. The van der Waals surface area contributed by atoms with E-state index in [0.29, 0.717) is 6.54 Å². The van der Waals surface area contributed by atoms with E-state index in [1.54, 1.807) is 0 Å². The van der Waals surface area contributed by atoms with Gasteiger partial charge in [0.15, 0.2) is 0 Å². The first kappa shape index (κ1) is 18.9. The van der Waals surface area contributed by atoms with Gasteiger partial charge in [-0.05, 0) is 31.4 Å². The van der Waals surface area contributed by atoms with Crippen molar-refractivity contribution >= 4 is 18.3 Å². The SMILES string of the molecule is CCc1ccc(C2CNCCN2CC(=O)NC(C)C)cc1.Cl. The number of aryl methyl sites for hydroxylation is 1. The molecule has 1 aromatic rings. The van der Waals surface area contributed by atoms with Gasteiger partial charge in [0, 0.05) is 31.7 Å². The lowest BCUT2D eigenvalue weighted by Gasteiger charge is -2.36. The molecule has 22 heavy (non-hydrogen) atoms. The largest absolute Gasteiger partial charge is 0.353 e. The van der Waals surface area contributed by atoms with Crippen LogP contribution in [0.5, 0.6) is 0 Å². The molecule has 0 saturated carbocycles. The van der Waals surface area contributed by atoms with Crippen LogP contribution in [0.3, 0.4) is 0 Å². The minimum absolute atomic E-state index is 0. The molecule has 2 N–H and O–H groups in total. The van der Waals surface area contributed by atoms with Crippen LogP contribution in [0, 0.1) is 0 Å². The van der Waals surface area contributed by atoms with Crippen LogP contribution in [0.15, 0.2) is 24.3 Å². The molecule has 0 spiro atoms. The van der Waals surface area contributed by atoms with Gasteiger partial charge in [0.25, 0.3) is 0 Å². The molecule has 2 rings (SSSR count). The highest BCUT2D eigenvalue weighted by atomic mass is 35.5. The first-order valence-electron chi connectivity index (χ1n) is 7.93. The van der Waals surface area contributed by atoms with E-state index in [2.05, 4.69) is 46.7 Å². The van der Waals surface area contributed by atoms with Crippen LogP contribution in [0.25, 0.3) is 0 Å². The van der Waals surface area contributed by atoms with E-state index >= 15 is 0 Å². The summed E-state index contributed by atoms with van der Waals surface area (Å²) in [4.78, 5) is 14.3. The van der Waals surface area contributed by atoms with Crippen molar-refractivity contribution in [3.05, 3.63) is 35.4 Å². The fourth-order valence-corrected chi connectivity index (χ4v) is 2.79.